The van der Waals surface area contributed by atoms with Crippen LogP contribution in [0, 0.1) is 0 Å². The summed E-state index contributed by atoms with van der Waals surface area (Å²) in [5, 5.41) is -0.949. The first-order chi connectivity index (χ1) is 8.50. The van der Waals surface area contributed by atoms with Gasteiger partial charge < -0.3 is 5.73 Å². The van der Waals surface area contributed by atoms with E-state index in [1.165, 1.54) is 18.2 Å². The highest BCUT2D eigenvalue weighted by Gasteiger charge is 2.19. The molecule has 0 aromatic heterocycles. The highest BCUT2D eigenvalue weighted by molar-refractivity contribution is 8.08. The van der Waals surface area contributed by atoms with Crippen LogP contribution in [0.3, 0.4) is 0 Å². The lowest BCUT2D eigenvalue weighted by Gasteiger charge is -2.09. The van der Waals surface area contributed by atoms with E-state index in [1.807, 2.05) is 0 Å². The Balaban J connectivity index is 3.04. The summed E-state index contributed by atoms with van der Waals surface area (Å²) in [5.74, 6) is 0. The van der Waals surface area contributed by atoms with Crippen LogP contribution < -0.4 is 10.5 Å². The molecule has 0 aliphatic carbocycles. The molecule has 10 heteroatoms. The summed E-state index contributed by atoms with van der Waals surface area (Å²) in [6.07, 6.45) is 0.823. The maximum atomic E-state index is 11.6. The van der Waals surface area contributed by atoms with E-state index in [0.29, 0.717) is 5.56 Å². The minimum absolute atomic E-state index is 0.0605. The Hall–Kier alpha value is -0.900. The second-order valence-electron chi connectivity index (χ2n) is 3.82. The van der Waals surface area contributed by atoms with Crippen LogP contribution in [0.4, 0.5) is 5.69 Å². The van der Waals surface area contributed by atoms with E-state index in [2.05, 4.69) is 4.72 Å². The van der Waals surface area contributed by atoms with E-state index in [1.54, 1.807) is 0 Å². The number of hydrogen-bond acceptors (Lipinski definition) is 5. The summed E-state index contributed by atoms with van der Waals surface area (Å²) in [6, 6.07) is 4.23. The minimum Gasteiger partial charge on any atom is -0.389 e. The number of halogens is 1. The molecule has 106 valence electrons. The van der Waals surface area contributed by atoms with Crippen LogP contribution in [0.2, 0.25) is 5.02 Å². The predicted molar refractivity (Wildman–Crippen MR) is 79.6 cm³/mol. The Kier molecular flexibility index (Phi) is 4.77. The van der Waals surface area contributed by atoms with Crippen molar-refractivity contribution < 1.29 is 16.8 Å². The second-order valence-corrected chi connectivity index (χ2v) is 8.89. The largest absolute Gasteiger partial charge is 0.389 e. The van der Waals surface area contributed by atoms with Gasteiger partial charge in [0.25, 0.3) is 0 Å². The zero-order valence-corrected chi connectivity index (χ0v) is 13.0. The van der Waals surface area contributed by atoms with Crippen molar-refractivity contribution in [2.75, 3.05) is 16.1 Å². The molecule has 0 unspecified atom stereocenters. The fourth-order valence-electron chi connectivity index (χ4n) is 1.23. The monoisotopic (exact) mass is 342 g/mol. The molecular weight excluding hydrogens is 332 g/mol. The van der Waals surface area contributed by atoms with E-state index in [9.17, 15) is 16.8 Å². The highest BCUT2D eigenvalue weighted by Crippen LogP contribution is 2.24. The van der Waals surface area contributed by atoms with Gasteiger partial charge in [0.05, 0.1) is 10.7 Å². The van der Waals surface area contributed by atoms with Crippen molar-refractivity contribution in [3.05, 3.63) is 28.8 Å². The third-order valence-electron chi connectivity index (χ3n) is 1.89. The average molecular weight is 343 g/mol. The smallest absolute Gasteiger partial charge is 0.247 e. The summed E-state index contributed by atoms with van der Waals surface area (Å²) < 4.78 is 47.2. The number of thiocarbonyl (C=S) groups is 1. The molecule has 0 spiro atoms. The number of anilines is 1. The summed E-state index contributed by atoms with van der Waals surface area (Å²) in [7, 11) is -7.71. The van der Waals surface area contributed by atoms with Crippen LogP contribution >= 0.6 is 23.8 Å². The molecule has 0 aliphatic heterocycles. The van der Waals surface area contributed by atoms with Gasteiger partial charge in [0, 0.05) is 11.8 Å². The number of benzene rings is 1. The molecule has 0 saturated carbocycles. The number of sulfonamides is 1. The Morgan fingerprint density at radius 3 is 2.37 bits per heavy atom. The summed E-state index contributed by atoms with van der Waals surface area (Å²) in [5.41, 5.74) is 5.94. The quantitative estimate of drug-likeness (QED) is 0.763. The zero-order valence-electron chi connectivity index (χ0n) is 9.75. The number of hydrogen-bond donors (Lipinski definition) is 2. The van der Waals surface area contributed by atoms with Crippen molar-refractivity contribution in [3.63, 3.8) is 0 Å². The van der Waals surface area contributed by atoms with Gasteiger partial charge in [0.15, 0.2) is 14.9 Å². The minimum atomic E-state index is -4.03. The van der Waals surface area contributed by atoms with Crippen LogP contribution in [-0.4, -0.2) is 33.2 Å². The maximum Gasteiger partial charge on any atom is 0.247 e. The number of nitrogens with two attached hydrogens (primary N) is 1. The van der Waals surface area contributed by atoms with Crippen molar-refractivity contribution in [2.45, 2.75) is 0 Å². The Morgan fingerprint density at radius 2 is 1.95 bits per heavy atom. The van der Waals surface area contributed by atoms with Crippen LogP contribution in [0.5, 0.6) is 0 Å². The zero-order chi connectivity index (χ0) is 14.8. The molecule has 19 heavy (non-hydrogen) atoms. The van der Waals surface area contributed by atoms with E-state index < -0.39 is 24.9 Å². The lowest BCUT2D eigenvalue weighted by Crippen LogP contribution is -2.22. The van der Waals surface area contributed by atoms with Gasteiger partial charge in [0.1, 0.15) is 4.99 Å². The molecule has 0 atom stereocenters. The van der Waals surface area contributed by atoms with Gasteiger partial charge >= 0.3 is 0 Å². The Morgan fingerprint density at radius 1 is 1.37 bits per heavy atom. The van der Waals surface area contributed by atoms with Gasteiger partial charge in [-0.05, 0) is 18.2 Å². The van der Waals surface area contributed by atoms with E-state index in [-0.39, 0.29) is 15.7 Å². The van der Waals surface area contributed by atoms with E-state index in [0.717, 1.165) is 6.26 Å². The topological polar surface area (TPSA) is 106 Å². The average Bonchev–Trinajstić information content (AvgIpc) is 2.16. The number of sulfone groups is 1. The summed E-state index contributed by atoms with van der Waals surface area (Å²) in [6.45, 7) is 0. The van der Waals surface area contributed by atoms with Crippen molar-refractivity contribution in [1.29, 1.82) is 0 Å². The standard InChI is InChI=1S/C9H11ClN2O4S3/c1-18(13,14)5-19(15,16)12-8-3-2-6(9(11)17)4-7(8)10/h2-4,12H,5H2,1H3,(H2,11,17). The lowest BCUT2D eigenvalue weighted by atomic mass is 10.2. The molecule has 0 saturated heterocycles. The van der Waals surface area contributed by atoms with Gasteiger partial charge in [-0.15, -0.1) is 0 Å². The summed E-state index contributed by atoms with van der Waals surface area (Å²) in [4.78, 5) is 0.118. The third kappa shape index (κ3) is 5.31. The third-order valence-corrected chi connectivity index (χ3v) is 5.92. The van der Waals surface area contributed by atoms with Crippen molar-refractivity contribution in [1.82, 2.24) is 0 Å². The molecule has 0 amide bonds. The molecule has 0 radical (unpaired) electrons. The number of nitrogens with one attached hydrogen (secondary N) is 1. The van der Waals surface area contributed by atoms with Gasteiger partial charge in [-0.2, -0.15) is 0 Å². The molecule has 1 rings (SSSR count). The molecule has 0 fully saturated rings. The highest BCUT2D eigenvalue weighted by atomic mass is 35.5. The second kappa shape index (κ2) is 5.61. The predicted octanol–water partition coefficient (Wildman–Crippen LogP) is 0.718. The van der Waals surface area contributed by atoms with Crippen LogP contribution in [-0.2, 0) is 19.9 Å². The summed E-state index contributed by atoms with van der Waals surface area (Å²) >= 11 is 10.6. The molecule has 1 aromatic carbocycles. The molecule has 0 aliphatic rings. The first kappa shape index (κ1) is 16.2. The van der Waals surface area contributed by atoms with Gasteiger partial charge in [-0.25, -0.2) is 16.8 Å². The molecule has 1 aromatic rings. The first-order valence-electron chi connectivity index (χ1n) is 4.78. The van der Waals surface area contributed by atoms with Crippen LogP contribution in [0.15, 0.2) is 18.2 Å². The van der Waals surface area contributed by atoms with Crippen LogP contribution in [0.1, 0.15) is 5.56 Å². The van der Waals surface area contributed by atoms with E-state index in [4.69, 9.17) is 29.6 Å². The fourth-order valence-corrected chi connectivity index (χ4v) is 4.64. The normalized spacial score (nSPS) is 12.1. The van der Waals surface area contributed by atoms with Crippen molar-refractivity contribution in [3.8, 4) is 0 Å². The van der Waals surface area contributed by atoms with Crippen molar-refractivity contribution in [2.24, 2.45) is 5.73 Å². The van der Waals surface area contributed by atoms with Crippen LogP contribution in [0.25, 0.3) is 0 Å². The molecular formula is C9H11ClN2O4S3. The Labute approximate surface area is 121 Å². The van der Waals surface area contributed by atoms with Gasteiger partial charge in [0.2, 0.25) is 10.0 Å². The van der Waals surface area contributed by atoms with Gasteiger partial charge in [-0.3, -0.25) is 4.72 Å². The number of rotatable bonds is 5. The lowest BCUT2D eigenvalue weighted by molar-refractivity contribution is 0.595. The Bertz CT molecular complexity index is 713. The fraction of sp³-hybridized carbons (Fsp3) is 0.222. The van der Waals surface area contributed by atoms with Gasteiger partial charge in [-0.1, -0.05) is 23.8 Å². The molecule has 3 N–H and O–H groups in total. The first-order valence-corrected chi connectivity index (χ1v) is 9.28. The van der Waals surface area contributed by atoms with E-state index >= 15 is 0 Å². The molecule has 0 bridgehead atoms. The van der Waals surface area contributed by atoms with Crippen molar-refractivity contribution >= 4 is 54.4 Å². The maximum absolute atomic E-state index is 11.6. The molecule has 6 nitrogen and oxygen atoms in total. The molecule has 0 heterocycles. The SMILES string of the molecule is CS(=O)(=O)CS(=O)(=O)Nc1ccc(C(N)=S)cc1Cl.